The molecule has 0 aliphatic heterocycles. The Hall–Kier alpha value is -3.17. The minimum Gasteiger partial charge on any atom is -0.478 e. The summed E-state index contributed by atoms with van der Waals surface area (Å²) in [7, 11) is 0. The maximum absolute atomic E-state index is 11.0. The number of aromatic nitrogens is 1. The lowest BCUT2D eigenvalue weighted by atomic mass is 10.1. The summed E-state index contributed by atoms with van der Waals surface area (Å²) in [4.78, 5) is 15.5. The summed E-state index contributed by atoms with van der Waals surface area (Å²) in [5.74, 6) is -0.971. The largest absolute Gasteiger partial charge is 0.478 e. The van der Waals surface area contributed by atoms with Crippen LogP contribution >= 0.6 is 11.3 Å². The molecular formula is C17H11N3O2S. The van der Waals surface area contributed by atoms with Crippen LogP contribution in [0.4, 0.5) is 10.8 Å². The smallest absolute Gasteiger partial charge is 0.335 e. The van der Waals surface area contributed by atoms with Crippen molar-refractivity contribution in [3.63, 3.8) is 0 Å². The molecule has 0 spiro atoms. The summed E-state index contributed by atoms with van der Waals surface area (Å²) in [6, 6.07) is 15.9. The highest BCUT2D eigenvalue weighted by Crippen LogP contribution is 2.27. The van der Waals surface area contributed by atoms with E-state index >= 15 is 0 Å². The Labute approximate surface area is 136 Å². The molecule has 5 nitrogen and oxygen atoms in total. The summed E-state index contributed by atoms with van der Waals surface area (Å²) >= 11 is 1.41. The third-order valence-corrected chi connectivity index (χ3v) is 3.91. The Kier molecular flexibility index (Phi) is 4.04. The van der Waals surface area contributed by atoms with Gasteiger partial charge in [0.1, 0.15) is 0 Å². The van der Waals surface area contributed by atoms with Gasteiger partial charge in [-0.3, -0.25) is 0 Å². The number of carboxylic acid groups (broad SMARTS) is 1. The second-order valence-electron chi connectivity index (χ2n) is 4.74. The molecule has 3 rings (SSSR count). The number of rotatable bonds is 4. The van der Waals surface area contributed by atoms with E-state index in [0.717, 1.165) is 11.3 Å². The summed E-state index contributed by atoms with van der Waals surface area (Å²) < 4.78 is 0. The standard InChI is InChI=1S/C17H11N3O2S/c18-9-11-3-1-4-12(7-11)15-10-23-17(20-15)19-14-6-2-5-13(8-14)16(21)22/h1-8,10H,(H,19,20)(H,21,22). The number of hydrogen-bond donors (Lipinski definition) is 2. The van der Waals surface area contributed by atoms with E-state index in [9.17, 15) is 4.79 Å². The second-order valence-corrected chi connectivity index (χ2v) is 5.60. The van der Waals surface area contributed by atoms with Gasteiger partial charge >= 0.3 is 5.97 Å². The maximum atomic E-state index is 11.0. The van der Waals surface area contributed by atoms with Crippen LogP contribution in [0.1, 0.15) is 15.9 Å². The van der Waals surface area contributed by atoms with E-state index in [0.29, 0.717) is 16.4 Å². The highest BCUT2D eigenvalue weighted by Gasteiger charge is 2.07. The first-order valence-corrected chi connectivity index (χ1v) is 7.60. The fraction of sp³-hybridized carbons (Fsp3) is 0. The number of aromatic carboxylic acids is 1. The van der Waals surface area contributed by atoms with Gasteiger partial charge in [-0.15, -0.1) is 11.3 Å². The number of nitrogens with one attached hydrogen (secondary N) is 1. The lowest BCUT2D eigenvalue weighted by Crippen LogP contribution is -1.97. The van der Waals surface area contributed by atoms with E-state index in [2.05, 4.69) is 16.4 Å². The number of benzene rings is 2. The number of nitriles is 1. The van der Waals surface area contributed by atoms with Gasteiger partial charge in [0.2, 0.25) is 0 Å². The van der Waals surface area contributed by atoms with Crippen molar-refractivity contribution < 1.29 is 9.90 Å². The molecule has 0 fully saturated rings. The highest BCUT2D eigenvalue weighted by molar-refractivity contribution is 7.14. The van der Waals surface area contributed by atoms with Crippen LogP contribution in [0.2, 0.25) is 0 Å². The van der Waals surface area contributed by atoms with Crippen LogP contribution in [0.15, 0.2) is 53.9 Å². The molecule has 0 unspecified atom stereocenters. The van der Waals surface area contributed by atoms with Crippen LogP contribution < -0.4 is 5.32 Å². The minimum absolute atomic E-state index is 0.216. The van der Waals surface area contributed by atoms with Crippen LogP contribution in [0.5, 0.6) is 0 Å². The van der Waals surface area contributed by atoms with Crippen molar-refractivity contribution in [1.82, 2.24) is 4.98 Å². The van der Waals surface area contributed by atoms with E-state index in [4.69, 9.17) is 10.4 Å². The van der Waals surface area contributed by atoms with Gasteiger partial charge in [0, 0.05) is 16.6 Å². The topological polar surface area (TPSA) is 86.0 Å². The molecule has 0 aliphatic rings. The molecule has 0 saturated heterocycles. The third kappa shape index (κ3) is 3.36. The maximum Gasteiger partial charge on any atom is 0.335 e. The van der Waals surface area contributed by atoms with E-state index in [1.54, 1.807) is 30.3 Å². The molecule has 3 aromatic rings. The SMILES string of the molecule is N#Cc1cccc(-c2csc(Nc3cccc(C(=O)O)c3)n2)c1. The molecule has 6 heteroatoms. The number of carboxylic acids is 1. The fourth-order valence-corrected chi connectivity index (χ4v) is 2.81. The molecule has 0 atom stereocenters. The average Bonchev–Trinajstić information content (AvgIpc) is 3.03. The van der Waals surface area contributed by atoms with Crippen LogP contribution in [0.25, 0.3) is 11.3 Å². The molecule has 1 heterocycles. The summed E-state index contributed by atoms with van der Waals surface area (Å²) in [5.41, 5.74) is 3.10. The first kappa shape index (κ1) is 14.8. The van der Waals surface area contributed by atoms with Crippen molar-refractivity contribution >= 4 is 28.1 Å². The fourth-order valence-electron chi connectivity index (χ4n) is 2.07. The number of nitrogens with zero attached hydrogens (tertiary/aromatic N) is 2. The summed E-state index contributed by atoms with van der Waals surface area (Å²) in [6.45, 7) is 0. The lowest BCUT2D eigenvalue weighted by Gasteiger charge is -2.03. The zero-order valence-corrected chi connectivity index (χ0v) is 12.7. The molecule has 23 heavy (non-hydrogen) atoms. The molecule has 2 N–H and O–H groups in total. The Morgan fingerprint density at radius 3 is 2.83 bits per heavy atom. The summed E-state index contributed by atoms with van der Waals surface area (Å²) in [6.07, 6.45) is 0. The van der Waals surface area contributed by atoms with Crippen molar-refractivity contribution in [2.24, 2.45) is 0 Å². The molecule has 0 amide bonds. The van der Waals surface area contributed by atoms with Crippen LogP contribution in [-0.2, 0) is 0 Å². The van der Waals surface area contributed by atoms with Crippen LogP contribution in [0.3, 0.4) is 0 Å². The van der Waals surface area contributed by atoms with Gasteiger partial charge in [-0.1, -0.05) is 18.2 Å². The predicted molar refractivity (Wildman–Crippen MR) is 88.9 cm³/mol. The minimum atomic E-state index is -0.971. The van der Waals surface area contributed by atoms with Gasteiger partial charge in [-0.05, 0) is 30.3 Å². The molecule has 0 aliphatic carbocycles. The van der Waals surface area contributed by atoms with Crippen molar-refractivity contribution in [2.45, 2.75) is 0 Å². The highest BCUT2D eigenvalue weighted by atomic mass is 32.1. The number of thiazole rings is 1. The zero-order chi connectivity index (χ0) is 16.2. The Balaban J connectivity index is 1.83. The van der Waals surface area contributed by atoms with Crippen molar-refractivity contribution in [3.8, 4) is 17.3 Å². The summed E-state index contributed by atoms with van der Waals surface area (Å²) in [5, 5.41) is 23.6. The predicted octanol–water partition coefficient (Wildman–Crippen LogP) is 4.12. The Morgan fingerprint density at radius 1 is 1.22 bits per heavy atom. The molecule has 112 valence electrons. The number of carbonyl (C=O) groups is 1. The first-order chi connectivity index (χ1) is 11.2. The average molecular weight is 321 g/mol. The normalized spacial score (nSPS) is 10.0. The monoisotopic (exact) mass is 321 g/mol. The lowest BCUT2D eigenvalue weighted by molar-refractivity contribution is 0.0697. The first-order valence-electron chi connectivity index (χ1n) is 6.72. The van der Waals surface area contributed by atoms with E-state index < -0.39 is 5.97 Å². The van der Waals surface area contributed by atoms with Gasteiger partial charge in [0.25, 0.3) is 0 Å². The number of hydrogen-bond acceptors (Lipinski definition) is 5. The van der Waals surface area contributed by atoms with E-state index in [-0.39, 0.29) is 5.56 Å². The molecular weight excluding hydrogens is 310 g/mol. The van der Waals surface area contributed by atoms with Crippen LogP contribution in [0, 0.1) is 11.3 Å². The Bertz CT molecular complexity index is 912. The van der Waals surface area contributed by atoms with Gasteiger partial charge in [0.15, 0.2) is 5.13 Å². The molecule has 0 saturated carbocycles. The van der Waals surface area contributed by atoms with Crippen molar-refractivity contribution in [1.29, 1.82) is 5.26 Å². The van der Waals surface area contributed by atoms with Crippen LogP contribution in [-0.4, -0.2) is 16.1 Å². The molecule has 2 aromatic carbocycles. The molecule has 0 radical (unpaired) electrons. The zero-order valence-electron chi connectivity index (χ0n) is 11.9. The van der Waals surface area contributed by atoms with Gasteiger partial charge < -0.3 is 10.4 Å². The van der Waals surface area contributed by atoms with Gasteiger partial charge in [-0.25, -0.2) is 9.78 Å². The van der Waals surface area contributed by atoms with Gasteiger partial charge in [-0.2, -0.15) is 5.26 Å². The van der Waals surface area contributed by atoms with Crippen molar-refractivity contribution in [2.75, 3.05) is 5.32 Å². The molecule has 1 aromatic heterocycles. The van der Waals surface area contributed by atoms with Gasteiger partial charge in [0.05, 0.1) is 22.9 Å². The van der Waals surface area contributed by atoms with Crippen molar-refractivity contribution in [3.05, 3.63) is 65.0 Å². The molecule has 0 bridgehead atoms. The third-order valence-electron chi connectivity index (χ3n) is 3.15. The second kappa shape index (κ2) is 6.30. The van der Waals surface area contributed by atoms with E-state index in [1.165, 1.54) is 17.4 Å². The quantitative estimate of drug-likeness (QED) is 0.754. The Morgan fingerprint density at radius 2 is 2.04 bits per heavy atom. The van der Waals surface area contributed by atoms with E-state index in [1.807, 2.05) is 17.5 Å². The number of anilines is 2.